The molecule has 0 saturated carbocycles. The van der Waals surface area contributed by atoms with Crippen molar-refractivity contribution in [3.8, 4) is 22.6 Å². The van der Waals surface area contributed by atoms with Crippen LogP contribution < -0.4 is 4.90 Å². The van der Waals surface area contributed by atoms with Crippen LogP contribution >= 0.6 is 7.82 Å². The zero-order chi connectivity index (χ0) is 23.8. The minimum atomic E-state index is -5.00. The van der Waals surface area contributed by atoms with Gasteiger partial charge in [0.25, 0.3) is 0 Å². The summed E-state index contributed by atoms with van der Waals surface area (Å²) in [7, 11) is -3.39. The Labute approximate surface area is 185 Å². The van der Waals surface area contributed by atoms with Gasteiger partial charge in [-0.25, -0.2) is 18.1 Å². The number of ether oxygens (including phenoxy) is 1. The number of anilines is 1. The van der Waals surface area contributed by atoms with Gasteiger partial charge in [0, 0.05) is 17.3 Å². The van der Waals surface area contributed by atoms with E-state index in [9.17, 15) is 18.1 Å². The first-order chi connectivity index (χ1) is 15.6. The fraction of sp³-hybridized carbons (Fsp3) is 0.278. The maximum Gasteiger partial charge on any atom is 0.470 e. The van der Waals surface area contributed by atoms with Gasteiger partial charge < -0.3 is 14.5 Å². The number of amides is 1. The average molecular weight is 482 g/mol. The van der Waals surface area contributed by atoms with Gasteiger partial charge in [0.15, 0.2) is 6.10 Å². The number of benzene rings is 1. The maximum atomic E-state index is 14.9. The number of aromatic nitrogens is 5. The van der Waals surface area contributed by atoms with Crippen LogP contribution in [0.25, 0.3) is 22.6 Å². The topological polar surface area (TPSA) is 153 Å². The predicted octanol–water partition coefficient (Wildman–Crippen LogP) is 1.85. The van der Waals surface area contributed by atoms with E-state index in [0.29, 0.717) is 17.1 Å². The molecule has 2 aromatic heterocycles. The van der Waals surface area contributed by atoms with Crippen molar-refractivity contribution in [2.45, 2.75) is 12.2 Å². The van der Waals surface area contributed by atoms with Gasteiger partial charge in [0.2, 0.25) is 5.82 Å². The number of pyridine rings is 1. The number of halogens is 2. The van der Waals surface area contributed by atoms with E-state index >= 15 is 0 Å². The number of rotatable bonds is 7. The van der Waals surface area contributed by atoms with Gasteiger partial charge in [-0.2, -0.15) is 4.80 Å². The van der Waals surface area contributed by atoms with Crippen LogP contribution in [-0.4, -0.2) is 66.5 Å². The standard InChI is InChI=1S/C18H17F2N6O6P/c1-25-23-17(22-24-25)14-5-2-10(8-21-14)12-4-3-11(6-13(12)20)26-9-16(31-18(26)27)15(7-19)32-33(28,29)30/h2-6,8,15-16H,7,9H2,1H3,(H2,28,29,30)/t15?,16-/m1/s1. The molecule has 0 spiro atoms. The predicted molar refractivity (Wildman–Crippen MR) is 108 cm³/mol. The summed E-state index contributed by atoms with van der Waals surface area (Å²) in [5.74, 6) is -0.347. The lowest BCUT2D eigenvalue weighted by molar-refractivity contribution is 0.0162. The van der Waals surface area contributed by atoms with Crippen molar-refractivity contribution in [2.75, 3.05) is 18.1 Å². The SMILES string of the molecule is Cn1nnc(-c2ccc(-c3ccc(N4C[C@H](C(CF)OP(=O)(O)O)OC4=O)cc3F)cn2)n1. The van der Waals surface area contributed by atoms with Crippen molar-refractivity contribution < 1.29 is 37.2 Å². The van der Waals surface area contributed by atoms with Gasteiger partial charge in [-0.3, -0.25) is 14.4 Å². The summed E-state index contributed by atoms with van der Waals surface area (Å²) in [6.45, 7) is -1.58. The van der Waals surface area contributed by atoms with Gasteiger partial charge in [-0.05, 0) is 29.5 Å². The Morgan fingerprint density at radius 1 is 1.33 bits per heavy atom. The molecule has 1 saturated heterocycles. The van der Waals surface area contributed by atoms with Crippen LogP contribution in [0.1, 0.15) is 0 Å². The summed E-state index contributed by atoms with van der Waals surface area (Å²) in [6.07, 6.45) is -2.45. The van der Waals surface area contributed by atoms with E-state index in [1.165, 1.54) is 23.1 Å². The van der Waals surface area contributed by atoms with Crippen LogP contribution in [0, 0.1) is 5.82 Å². The quantitative estimate of drug-likeness (QED) is 0.477. The Bertz CT molecular complexity index is 1220. The second-order valence-electron chi connectivity index (χ2n) is 7.02. The Kier molecular flexibility index (Phi) is 6.17. The number of phosphoric acid groups is 1. The third-order valence-electron chi connectivity index (χ3n) is 4.75. The largest absolute Gasteiger partial charge is 0.470 e. The summed E-state index contributed by atoms with van der Waals surface area (Å²) in [6, 6.07) is 7.21. The molecule has 1 fully saturated rings. The summed E-state index contributed by atoms with van der Waals surface area (Å²) in [5.41, 5.74) is 1.24. The van der Waals surface area contributed by atoms with Crippen LogP contribution in [0.5, 0.6) is 0 Å². The maximum absolute atomic E-state index is 14.9. The van der Waals surface area contributed by atoms with E-state index in [-0.39, 0.29) is 17.8 Å². The molecule has 2 atom stereocenters. The van der Waals surface area contributed by atoms with Gasteiger partial charge in [-0.1, -0.05) is 6.07 Å². The molecule has 0 aliphatic carbocycles. The van der Waals surface area contributed by atoms with Crippen LogP contribution in [0.4, 0.5) is 19.3 Å². The molecule has 12 nitrogen and oxygen atoms in total. The highest BCUT2D eigenvalue weighted by Crippen LogP contribution is 2.40. The van der Waals surface area contributed by atoms with Crippen LogP contribution in [0.15, 0.2) is 36.5 Å². The molecule has 1 aromatic carbocycles. The highest BCUT2D eigenvalue weighted by Gasteiger charge is 2.41. The van der Waals surface area contributed by atoms with Crippen molar-refractivity contribution in [3.05, 3.63) is 42.3 Å². The number of carbonyl (C=O) groups is 1. The Balaban J connectivity index is 1.51. The summed E-state index contributed by atoms with van der Waals surface area (Å²) >= 11 is 0. The van der Waals surface area contributed by atoms with E-state index in [0.717, 1.165) is 11.0 Å². The number of hydrogen-bond donors (Lipinski definition) is 2. The summed E-state index contributed by atoms with van der Waals surface area (Å²) < 4.78 is 48.3. The average Bonchev–Trinajstić information content (AvgIpc) is 3.37. The molecule has 174 valence electrons. The minimum absolute atomic E-state index is 0.117. The van der Waals surface area contributed by atoms with Crippen molar-refractivity contribution >= 4 is 19.6 Å². The number of nitrogens with zero attached hydrogens (tertiary/aromatic N) is 6. The smallest absolute Gasteiger partial charge is 0.441 e. The van der Waals surface area contributed by atoms with E-state index in [2.05, 4.69) is 24.9 Å². The van der Waals surface area contributed by atoms with E-state index in [4.69, 9.17) is 14.5 Å². The van der Waals surface area contributed by atoms with Gasteiger partial charge in [0.05, 0.1) is 19.3 Å². The first-order valence-electron chi connectivity index (χ1n) is 9.43. The molecule has 15 heteroatoms. The zero-order valence-electron chi connectivity index (χ0n) is 16.9. The highest BCUT2D eigenvalue weighted by molar-refractivity contribution is 7.46. The number of carbonyl (C=O) groups excluding carboxylic acids is 1. The van der Waals surface area contributed by atoms with Crippen molar-refractivity contribution in [3.63, 3.8) is 0 Å². The van der Waals surface area contributed by atoms with Gasteiger partial charge >= 0.3 is 13.9 Å². The second kappa shape index (κ2) is 8.90. The minimum Gasteiger partial charge on any atom is -0.441 e. The second-order valence-corrected chi connectivity index (χ2v) is 8.21. The first-order valence-corrected chi connectivity index (χ1v) is 11.0. The molecule has 1 aliphatic rings. The lowest BCUT2D eigenvalue weighted by Crippen LogP contribution is -2.34. The number of aryl methyl sites for hydroxylation is 1. The number of alkyl halides is 1. The van der Waals surface area contributed by atoms with E-state index in [1.807, 2.05) is 0 Å². The molecular weight excluding hydrogens is 465 g/mol. The van der Waals surface area contributed by atoms with E-state index in [1.54, 1.807) is 19.2 Å². The molecule has 0 bridgehead atoms. The lowest BCUT2D eigenvalue weighted by Gasteiger charge is -2.19. The van der Waals surface area contributed by atoms with Gasteiger partial charge in [-0.15, -0.1) is 10.2 Å². The summed E-state index contributed by atoms with van der Waals surface area (Å²) in [4.78, 5) is 36.5. The molecule has 0 radical (unpaired) electrons. The Morgan fingerprint density at radius 3 is 2.70 bits per heavy atom. The third-order valence-corrected chi connectivity index (χ3v) is 5.30. The number of hydrogen-bond acceptors (Lipinski definition) is 8. The summed E-state index contributed by atoms with van der Waals surface area (Å²) in [5, 5.41) is 11.6. The molecular formula is C18H17F2N6O6P. The monoisotopic (exact) mass is 482 g/mol. The first kappa shape index (κ1) is 22.9. The molecule has 2 N–H and O–H groups in total. The van der Waals surface area contributed by atoms with Gasteiger partial charge in [0.1, 0.15) is 24.3 Å². The van der Waals surface area contributed by atoms with E-state index < -0.39 is 38.6 Å². The molecule has 1 amide bonds. The molecule has 33 heavy (non-hydrogen) atoms. The Morgan fingerprint density at radius 2 is 2.12 bits per heavy atom. The molecule has 3 aromatic rings. The number of tetrazole rings is 1. The van der Waals surface area contributed by atoms with Crippen molar-refractivity contribution in [2.24, 2.45) is 7.05 Å². The van der Waals surface area contributed by atoms with Crippen LogP contribution in [0.3, 0.4) is 0 Å². The molecule has 4 rings (SSSR count). The third kappa shape index (κ3) is 5.03. The van der Waals surface area contributed by atoms with Crippen molar-refractivity contribution in [1.29, 1.82) is 0 Å². The Hall–Kier alpha value is -3.32. The molecule has 1 aliphatic heterocycles. The molecule has 3 heterocycles. The van der Waals surface area contributed by atoms with Crippen LogP contribution in [-0.2, 0) is 20.9 Å². The molecule has 1 unspecified atom stereocenters. The lowest BCUT2D eigenvalue weighted by atomic mass is 10.1. The van der Waals surface area contributed by atoms with Crippen LogP contribution in [0.2, 0.25) is 0 Å². The fourth-order valence-corrected chi connectivity index (χ4v) is 3.78. The normalized spacial score (nSPS) is 17.3. The highest BCUT2D eigenvalue weighted by atomic mass is 31.2. The number of cyclic esters (lactones) is 1. The van der Waals surface area contributed by atoms with Crippen molar-refractivity contribution in [1.82, 2.24) is 25.2 Å². The fourth-order valence-electron chi connectivity index (χ4n) is 3.24. The number of phosphoric ester groups is 1. The zero-order valence-corrected chi connectivity index (χ0v) is 17.8.